The van der Waals surface area contributed by atoms with Crippen LogP contribution in [0.4, 0.5) is 11.4 Å². The number of carbonyl (C=O) groups excluding carboxylic acids is 1. The van der Waals surface area contributed by atoms with Gasteiger partial charge in [0.1, 0.15) is 11.5 Å². The minimum absolute atomic E-state index is 0.181. The van der Waals surface area contributed by atoms with E-state index in [0.717, 1.165) is 18.2 Å². The zero-order valence-corrected chi connectivity index (χ0v) is 11.8. The van der Waals surface area contributed by atoms with E-state index in [1.807, 2.05) is 0 Å². The number of hydrogen-bond acceptors (Lipinski definition) is 7. The summed E-state index contributed by atoms with van der Waals surface area (Å²) >= 11 is 0. The molecule has 2 aromatic rings. The van der Waals surface area contributed by atoms with Gasteiger partial charge in [0.05, 0.1) is 28.6 Å². The molecule has 118 valence electrons. The Hall–Kier alpha value is -3.49. The maximum absolute atomic E-state index is 12.4. The van der Waals surface area contributed by atoms with Gasteiger partial charge in [-0.05, 0) is 18.2 Å². The highest BCUT2D eigenvalue weighted by atomic mass is 16.6. The summed E-state index contributed by atoms with van der Waals surface area (Å²) in [7, 11) is 1.36. The average molecular weight is 318 g/mol. The van der Waals surface area contributed by atoms with E-state index in [1.165, 1.54) is 25.3 Å². The molecule has 0 bridgehead atoms. The molecule has 1 N–H and O–H groups in total. The largest absolute Gasteiger partial charge is 0.507 e. The first kappa shape index (κ1) is 15.9. The van der Waals surface area contributed by atoms with Crippen LogP contribution in [0.25, 0.3) is 0 Å². The number of nitrogens with zero attached hydrogens (tertiary/aromatic N) is 2. The fraction of sp³-hybridized carbons (Fsp3) is 0.0714. The summed E-state index contributed by atoms with van der Waals surface area (Å²) in [5, 5.41) is 31.5. The van der Waals surface area contributed by atoms with Gasteiger partial charge in [-0.2, -0.15) is 0 Å². The number of ketones is 1. The highest BCUT2D eigenvalue weighted by molar-refractivity contribution is 6.11. The molecule has 0 radical (unpaired) electrons. The van der Waals surface area contributed by atoms with E-state index in [-0.39, 0.29) is 22.6 Å². The third kappa shape index (κ3) is 3.23. The van der Waals surface area contributed by atoms with Crippen LogP contribution >= 0.6 is 0 Å². The van der Waals surface area contributed by atoms with E-state index in [9.17, 15) is 30.1 Å². The van der Waals surface area contributed by atoms with Gasteiger partial charge in [-0.25, -0.2) is 0 Å². The molecule has 23 heavy (non-hydrogen) atoms. The summed E-state index contributed by atoms with van der Waals surface area (Å²) < 4.78 is 4.94. The third-order valence-electron chi connectivity index (χ3n) is 3.03. The molecule has 0 aliphatic carbocycles. The Labute approximate surface area is 129 Å². The zero-order valence-electron chi connectivity index (χ0n) is 11.8. The van der Waals surface area contributed by atoms with Crippen molar-refractivity contribution >= 4 is 17.2 Å². The molecule has 2 aromatic carbocycles. The van der Waals surface area contributed by atoms with Crippen LogP contribution in [-0.4, -0.2) is 27.8 Å². The molecule has 0 atom stereocenters. The molecule has 0 heterocycles. The van der Waals surface area contributed by atoms with Crippen molar-refractivity contribution in [3.8, 4) is 11.5 Å². The zero-order chi connectivity index (χ0) is 17.1. The maximum Gasteiger partial charge on any atom is 0.277 e. The van der Waals surface area contributed by atoms with Crippen molar-refractivity contribution in [3.63, 3.8) is 0 Å². The first-order valence-electron chi connectivity index (χ1n) is 6.19. The van der Waals surface area contributed by atoms with Crippen molar-refractivity contribution < 1.29 is 24.5 Å². The summed E-state index contributed by atoms with van der Waals surface area (Å²) in [5.74, 6) is -0.885. The Balaban J connectivity index is 2.59. The van der Waals surface area contributed by atoms with E-state index in [2.05, 4.69) is 0 Å². The highest BCUT2D eigenvalue weighted by Gasteiger charge is 2.22. The molecule has 9 nitrogen and oxygen atoms in total. The van der Waals surface area contributed by atoms with Crippen molar-refractivity contribution in [2.75, 3.05) is 7.11 Å². The number of aromatic hydroxyl groups is 1. The number of benzene rings is 2. The molecule has 0 aliphatic rings. The smallest absolute Gasteiger partial charge is 0.277 e. The number of ether oxygens (including phenoxy) is 1. The summed E-state index contributed by atoms with van der Waals surface area (Å²) in [4.78, 5) is 32.5. The first-order chi connectivity index (χ1) is 10.8. The molecule has 0 fully saturated rings. The monoisotopic (exact) mass is 318 g/mol. The average Bonchev–Trinajstić information content (AvgIpc) is 2.54. The molecule has 0 amide bonds. The van der Waals surface area contributed by atoms with Gasteiger partial charge in [-0.15, -0.1) is 0 Å². The van der Waals surface area contributed by atoms with E-state index in [0.29, 0.717) is 0 Å². The van der Waals surface area contributed by atoms with Crippen LogP contribution in [0.1, 0.15) is 15.9 Å². The fourth-order valence-corrected chi connectivity index (χ4v) is 1.92. The van der Waals surface area contributed by atoms with E-state index in [4.69, 9.17) is 4.74 Å². The van der Waals surface area contributed by atoms with Crippen LogP contribution in [-0.2, 0) is 0 Å². The summed E-state index contributed by atoms with van der Waals surface area (Å²) in [6.45, 7) is 0. The molecule has 0 saturated heterocycles. The van der Waals surface area contributed by atoms with Crippen molar-refractivity contribution in [2.24, 2.45) is 0 Å². The second kappa shape index (κ2) is 6.10. The number of non-ortho nitro benzene ring substituents is 2. The first-order valence-corrected chi connectivity index (χ1v) is 6.19. The molecule has 0 aliphatic heterocycles. The number of carbonyl (C=O) groups is 1. The van der Waals surface area contributed by atoms with Crippen LogP contribution in [0.3, 0.4) is 0 Å². The minimum Gasteiger partial charge on any atom is -0.507 e. The predicted molar refractivity (Wildman–Crippen MR) is 77.8 cm³/mol. The Morgan fingerprint density at radius 1 is 1.04 bits per heavy atom. The van der Waals surface area contributed by atoms with Gasteiger partial charge in [-0.1, -0.05) is 0 Å². The lowest BCUT2D eigenvalue weighted by molar-refractivity contribution is -0.394. The van der Waals surface area contributed by atoms with E-state index >= 15 is 0 Å². The fourth-order valence-electron chi connectivity index (χ4n) is 1.92. The van der Waals surface area contributed by atoms with Gasteiger partial charge in [0.2, 0.25) is 0 Å². The number of nitro benzene ring substituents is 2. The van der Waals surface area contributed by atoms with Gasteiger partial charge in [0, 0.05) is 17.7 Å². The molecule has 0 unspecified atom stereocenters. The molecule has 2 rings (SSSR count). The normalized spacial score (nSPS) is 10.1. The number of nitro groups is 2. The number of rotatable bonds is 5. The number of hydrogen-bond donors (Lipinski definition) is 1. The van der Waals surface area contributed by atoms with Gasteiger partial charge in [-0.3, -0.25) is 25.0 Å². The quantitative estimate of drug-likeness (QED) is 0.508. The maximum atomic E-state index is 12.4. The van der Waals surface area contributed by atoms with Crippen LogP contribution in [0.15, 0.2) is 36.4 Å². The van der Waals surface area contributed by atoms with Crippen molar-refractivity contribution in [3.05, 3.63) is 67.8 Å². The lowest BCUT2D eigenvalue weighted by Gasteiger charge is -2.07. The summed E-state index contributed by atoms with van der Waals surface area (Å²) in [6, 6.07) is 6.45. The second-order valence-corrected chi connectivity index (χ2v) is 4.46. The van der Waals surface area contributed by atoms with Crippen LogP contribution < -0.4 is 4.74 Å². The third-order valence-corrected chi connectivity index (χ3v) is 3.03. The van der Waals surface area contributed by atoms with Crippen LogP contribution in [0.5, 0.6) is 11.5 Å². The van der Waals surface area contributed by atoms with Crippen LogP contribution in [0.2, 0.25) is 0 Å². The standard InChI is InChI=1S/C14H10N2O7/c1-23-11-2-3-13(17)12(7-11)14(18)8-4-9(15(19)20)6-10(5-8)16(21)22/h2-7,17H,1H3. The topological polar surface area (TPSA) is 133 Å². The lowest BCUT2D eigenvalue weighted by atomic mass is 10.0. The van der Waals surface area contributed by atoms with Gasteiger partial charge in [0.15, 0.2) is 5.78 Å². The lowest BCUT2D eigenvalue weighted by Crippen LogP contribution is -2.04. The predicted octanol–water partition coefficient (Wildman–Crippen LogP) is 2.45. The van der Waals surface area contributed by atoms with Crippen molar-refractivity contribution in [1.82, 2.24) is 0 Å². The number of phenolic OH excluding ortho intramolecular Hbond substituents is 1. The molecule has 0 aromatic heterocycles. The van der Waals surface area contributed by atoms with Gasteiger partial charge in [0.25, 0.3) is 11.4 Å². The highest BCUT2D eigenvalue weighted by Crippen LogP contribution is 2.29. The second-order valence-electron chi connectivity index (χ2n) is 4.46. The molecular weight excluding hydrogens is 308 g/mol. The number of phenols is 1. The summed E-state index contributed by atoms with van der Waals surface area (Å²) in [5.41, 5.74) is -1.65. The minimum atomic E-state index is -0.838. The Bertz CT molecular complexity index is 785. The van der Waals surface area contributed by atoms with Crippen molar-refractivity contribution in [1.29, 1.82) is 0 Å². The number of methoxy groups -OCH3 is 1. The van der Waals surface area contributed by atoms with Crippen molar-refractivity contribution in [2.45, 2.75) is 0 Å². The molecular formula is C14H10N2O7. The molecule has 9 heteroatoms. The Morgan fingerprint density at radius 2 is 1.61 bits per heavy atom. The van der Waals surface area contributed by atoms with Gasteiger partial charge >= 0.3 is 0 Å². The Kier molecular flexibility index (Phi) is 4.21. The summed E-state index contributed by atoms with van der Waals surface area (Å²) in [6.07, 6.45) is 0. The van der Waals surface area contributed by atoms with E-state index < -0.39 is 27.0 Å². The van der Waals surface area contributed by atoms with E-state index in [1.54, 1.807) is 0 Å². The molecule has 0 saturated carbocycles. The Morgan fingerprint density at radius 3 is 2.09 bits per heavy atom. The van der Waals surface area contributed by atoms with Gasteiger partial charge < -0.3 is 9.84 Å². The van der Waals surface area contributed by atoms with Crippen LogP contribution in [0, 0.1) is 20.2 Å². The SMILES string of the molecule is COc1ccc(O)c(C(=O)c2cc([N+](=O)[O-])cc([N+](=O)[O-])c2)c1. The molecule has 0 spiro atoms.